The quantitative estimate of drug-likeness (QED) is 0.838. The topological polar surface area (TPSA) is 58.6 Å². The average Bonchev–Trinajstić information content (AvgIpc) is 2.66. The van der Waals surface area contributed by atoms with E-state index in [2.05, 4.69) is 5.32 Å². The maximum absolute atomic E-state index is 12.3. The Bertz CT molecular complexity index is 514. The molecule has 1 aromatic carbocycles. The van der Waals surface area contributed by atoms with Gasteiger partial charge in [0.15, 0.2) is 0 Å². The Balaban J connectivity index is 2.13. The molecule has 1 aliphatic heterocycles. The first kappa shape index (κ1) is 14.4. The smallest absolute Gasteiger partial charge is 0.325 e. The molecule has 1 aromatic rings. The number of benzene rings is 1. The van der Waals surface area contributed by atoms with E-state index < -0.39 is 6.04 Å². The number of rotatable bonds is 5. The van der Waals surface area contributed by atoms with Crippen LogP contribution in [-0.4, -0.2) is 30.0 Å². The van der Waals surface area contributed by atoms with E-state index in [1.54, 1.807) is 7.11 Å². The second-order valence-electron chi connectivity index (χ2n) is 5.37. The predicted molar refractivity (Wildman–Crippen MR) is 75.3 cm³/mol. The molecule has 1 aliphatic rings. The summed E-state index contributed by atoms with van der Waals surface area (Å²) in [6.45, 7) is 4.30. The number of ether oxygens (including phenoxy) is 1. The first-order valence-corrected chi connectivity index (χ1v) is 6.76. The van der Waals surface area contributed by atoms with E-state index in [0.717, 1.165) is 5.56 Å². The van der Waals surface area contributed by atoms with Crippen molar-refractivity contribution in [1.29, 1.82) is 0 Å². The SMILES string of the molecule is COc1ccccc1CN1C(=O)NC(CC(C)C)C1=O. The molecule has 0 aromatic heterocycles. The minimum absolute atomic E-state index is 0.158. The van der Waals surface area contributed by atoms with Gasteiger partial charge in [-0.25, -0.2) is 4.79 Å². The molecule has 5 nitrogen and oxygen atoms in total. The first-order valence-electron chi connectivity index (χ1n) is 6.76. The standard InChI is InChI=1S/C15H20N2O3/c1-10(2)8-12-14(18)17(15(19)16-12)9-11-6-4-5-7-13(11)20-3/h4-7,10,12H,8-9H2,1-3H3,(H,16,19). The number of hydrogen-bond acceptors (Lipinski definition) is 3. The Morgan fingerprint density at radius 2 is 2.00 bits per heavy atom. The van der Waals surface area contributed by atoms with Crippen molar-refractivity contribution < 1.29 is 14.3 Å². The predicted octanol–water partition coefficient (Wildman–Crippen LogP) is 2.16. The van der Waals surface area contributed by atoms with Crippen molar-refractivity contribution in [3.63, 3.8) is 0 Å². The molecule has 2 rings (SSSR count). The van der Waals surface area contributed by atoms with E-state index in [1.807, 2.05) is 38.1 Å². The Morgan fingerprint density at radius 3 is 2.65 bits per heavy atom. The fraction of sp³-hybridized carbons (Fsp3) is 0.467. The van der Waals surface area contributed by atoms with Crippen LogP contribution in [-0.2, 0) is 11.3 Å². The van der Waals surface area contributed by atoms with Gasteiger partial charge in [-0.05, 0) is 18.4 Å². The highest BCUT2D eigenvalue weighted by atomic mass is 16.5. The van der Waals surface area contributed by atoms with Crippen LogP contribution in [0.1, 0.15) is 25.8 Å². The highest BCUT2D eigenvalue weighted by Crippen LogP contribution is 2.22. The number of amides is 3. The van der Waals surface area contributed by atoms with Crippen LogP contribution in [0.15, 0.2) is 24.3 Å². The Morgan fingerprint density at radius 1 is 1.30 bits per heavy atom. The summed E-state index contributed by atoms with van der Waals surface area (Å²) in [6, 6.07) is 6.66. The van der Waals surface area contributed by atoms with Crippen LogP contribution in [0.2, 0.25) is 0 Å². The van der Waals surface area contributed by atoms with Crippen LogP contribution in [0.3, 0.4) is 0 Å². The van der Waals surface area contributed by atoms with Crippen LogP contribution < -0.4 is 10.1 Å². The van der Waals surface area contributed by atoms with Crippen LogP contribution >= 0.6 is 0 Å². The molecule has 20 heavy (non-hydrogen) atoms. The lowest BCUT2D eigenvalue weighted by Gasteiger charge is -2.15. The summed E-state index contributed by atoms with van der Waals surface area (Å²) in [5.74, 6) is 0.880. The molecule has 1 saturated heterocycles. The summed E-state index contributed by atoms with van der Waals surface area (Å²) in [4.78, 5) is 25.4. The number of urea groups is 1. The van der Waals surface area contributed by atoms with Crippen molar-refractivity contribution in [2.75, 3.05) is 7.11 Å². The van der Waals surface area contributed by atoms with Crippen molar-refractivity contribution in [1.82, 2.24) is 10.2 Å². The molecule has 0 aliphatic carbocycles. The van der Waals surface area contributed by atoms with Crippen molar-refractivity contribution in [3.05, 3.63) is 29.8 Å². The van der Waals surface area contributed by atoms with Crippen molar-refractivity contribution in [3.8, 4) is 5.75 Å². The number of methoxy groups -OCH3 is 1. The van der Waals surface area contributed by atoms with E-state index in [4.69, 9.17) is 4.74 Å². The zero-order chi connectivity index (χ0) is 14.7. The molecule has 1 atom stereocenters. The lowest BCUT2D eigenvalue weighted by molar-refractivity contribution is -0.128. The number of nitrogens with one attached hydrogen (secondary N) is 1. The van der Waals surface area contributed by atoms with E-state index in [9.17, 15) is 9.59 Å². The summed E-state index contributed by atoms with van der Waals surface area (Å²) in [5.41, 5.74) is 0.823. The molecule has 0 saturated carbocycles. The van der Waals surface area contributed by atoms with Gasteiger partial charge in [0.25, 0.3) is 5.91 Å². The fourth-order valence-electron chi connectivity index (χ4n) is 2.36. The van der Waals surface area contributed by atoms with E-state index in [1.165, 1.54) is 4.90 Å². The summed E-state index contributed by atoms with van der Waals surface area (Å²) >= 11 is 0. The van der Waals surface area contributed by atoms with Gasteiger partial charge in [0, 0.05) is 5.56 Å². The molecule has 0 bridgehead atoms. The normalized spacial score (nSPS) is 18.6. The fourth-order valence-corrected chi connectivity index (χ4v) is 2.36. The Hall–Kier alpha value is -2.04. The van der Waals surface area contributed by atoms with Gasteiger partial charge < -0.3 is 10.1 Å². The second kappa shape index (κ2) is 5.94. The minimum atomic E-state index is -0.405. The summed E-state index contributed by atoms with van der Waals surface area (Å²) in [5, 5.41) is 2.74. The molecule has 1 heterocycles. The Labute approximate surface area is 118 Å². The zero-order valence-electron chi connectivity index (χ0n) is 12.1. The molecule has 0 radical (unpaired) electrons. The monoisotopic (exact) mass is 276 g/mol. The van der Waals surface area contributed by atoms with E-state index in [0.29, 0.717) is 18.1 Å². The summed E-state index contributed by atoms with van der Waals surface area (Å²) in [6.07, 6.45) is 0.660. The van der Waals surface area contributed by atoms with Gasteiger partial charge in [-0.1, -0.05) is 32.0 Å². The zero-order valence-corrected chi connectivity index (χ0v) is 12.1. The van der Waals surface area contributed by atoms with E-state index >= 15 is 0 Å². The van der Waals surface area contributed by atoms with Crippen LogP contribution in [0.4, 0.5) is 4.79 Å². The maximum Gasteiger partial charge on any atom is 0.325 e. The van der Waals surface area contributed by atoms with Gasteiger partial charge in [-0.3, -0.25) is 9.69 Å². The number of imide groups is 1. The van der Waals surface area contributed by atoms with Crippen molar-refractivity contribution in [2.24, 2.45) is 5.92 Å². The van der Waals surface area contributed by atoms with Crippen LogP contribution in [0, 0.1) is 5.92 Å². The van der Waals surface area contributed by atoms with Gasteiger partial charge >= 0.3 is 6.03 Å². The number of hydrogen-bond donors (Lipinski definition) is 1. The Kier molecular flexibility index (Phi) is 4.27. The minimum Gasteiger partial charge on any atom is -0.496 e. The highest BCUT2D eigenvalue weighted by Gasteiger charge is 2.38. The van der Waals surface area contributed by atoms with E-state index in [-0.39, 0.29) is 18.5 Å². The summed E-state index contributed by atoms with van der Waals surface area (Å²) < 4.78 is 5.25. The van der Waals surface area contributed by atoms with Gasteiger partial charge in [-0.15, -0.1) is 0 Å². The van der Waals surface area contributed by atoms with Gasteiger partial charge in [0.05, 0.1) is 13.7 Å². The third-order valence-electron chi connectivity index (χ3n) is 3.34. The van der Waals surface area contributed by atoms with Crippen LogP contribution in [0.25, 0.3) is 0 Å². The molecular formula is C15H20N2O3. The number of carbonyl (C=O) groups is 2. The molecule has 3 amide bonds. The summed E-state index contributed by atoms with van der Waals surface area (Å²) in [7, 11) is 1.58. The maximum atomic E-state index is 12.3. The van der Waals surface area contributed by atoms with Crippen molar-refractivity contribution >= 4 is 11.9 Å². The lowest BCUT2D eigenvalue weighted by atomic mass is 10.0. The molecule has 1 N–H and O–H groups in total. The molecule has 108 valence electrons. The van der Waals surface area contributed by atoms with Gasteiger partial charge in [0.2, 0.25) is 0 Å². The molecule has 0 spiro atoms. The number of nitrogens with zero attached hydrogens (tertiary/aromatic N) is 1. The van der Waals surface area contributed by atoms with Gasteiger partial charge in [-0.2, -0.15) is 0 Å². The average molecular weight is 276 g/mol. The third kappa shape index (κ3) is 2.92. The van der Waals surface area contributed by atoms with Gasteiger partial charge in [0.1, 0.15) is 11.8 Å². The third-order valence-corrected chi connectivity index (χ3v) is 3.34. The van der Waals surface area contributed by atoms with Crippen molar-refractivity contribution in [2.45, 2.75) is 32.9 Å². The van der Waals surface area contributed by atoms with Crippen LogP contribution in [0.5, 0.6) is 5.75 Å². The number of carbonyl (C=O) groups excluding carboxylic acids is 2. The molecule has 1 fully saturated rings. The lowest BCUT2D eigenvalue weighted by Crippen LogP contribution is -2.31. The molecule has 5 heteroatoms. The second-order valence-corrected chi connectivity index (χ2v) is 5.37. The molecule has 1 unspecified atom stereocenters. The largest absolute Gasteiger partial charge is 0.496 e. The molecular weight excluding hydrogens is 256 g/mol. The highest BCUT2D eigenvalue weighted by molar-refractivity contribution is 6.04. The number of para-hydroxylation sites is 1. The first-order chi connectivity index (χ1) is 9.52.